The molecule has 0 saturated heterocycles. The predicted molar refractivity (Wildman–Crippen MR) is 126 cm³/mol. The number of aliphatic imine (C=N–C) groups is 1. The molecule has 0 radical (unpaired) electrons. The van der Waals surface area contributed by atoms with Crippen LogP contribution >= 0.6 is 0 Å². The van der Waals surface area contributed by atoms with Crippen LogP contribution in [-0.2, 0) is 18.9 Å². The van der Waals surface area contributed by atoms with E-state index in [0.29, 0.717) is 58.2 Å². The molecule has 7 nitrogen and oxygen atoms in total. The summed E-state index contributed by atoms with van der Waals surface area (Å²) in [6, 6.07) is 0. The Morgan fingerprint density at radius 2 is 1.37 bits per heavy atom. The maximum Gasteiger partial charge on any atom is 0.0778 e. The molecule has 0 aromatic rings. The summed E-state index contributed by atoms with van der Waals surface area (Å²) in [7, 11) is 0. The lowest BCUT2D eigenvalue weighted by Gasteiger charge is -2.17. The summed E-state index contributed by atoms with van der Waals surface area (Å²) in [6.07, 6.45) is 7.24. The monoisotopic (exact) mass is 429 g/mol. The highest BCUT2D eigenvalue weighted by molar-refractivity contribution is 6.30. The fraction of sp³-hybridized carbons (Fsp3) is 0.913. The van der Waals surface area contributed by atoms with Gasteiger partial charge in [0, 0.05) is 12.8 Å². The van der Waals surface area contributed by atoms with E-state index < -0.39 is 0 Å². The second-order valence-electron chi connectivity index (χ2n) is 9.06. The van der Waals surface area contributed by atoms with Gasteiger partial charge >= 0.3 is 0 Å². The molecule has 0 unspecified atom stereocenters. The van der Waals surface area contributed by atoms with Crippen molar-refractivity contribution in [2.45, 2.75) is 66.7 Å². The van der Waals surface area contributed by atoms with Gasteiger partial charge in [-0.15, -0.1) is 0 Å². The van der Waals surface area contributed by atoms with Crippen LogP contribution in [0.3, 0.4) is 0 Å². The first-order chi connectivity index (χ1) is 14.3. The van der Waals surface area contributed by atoms with Gasteiger partial charge in [0.2, 0.25) is 0 Å². The van der Waals surface area contributed by atoms with E-state index in [4.69, 9.17) is 24.8 Å². The third-order valence-corrected chi connectivity index (χ3v) is 4.35. The van der Waals surface area contributed by atoms with Crippen molar-refractivity contribution in [3.8, 4) is 0 Å². The minimum absolute atomic E-state index is 0.317. The summed E-state index contributed by atoms with van der Waals surface area (Å²) in [5.74, 6) is 6.17. The molecule has 0 aliphatic rings. The lowest BCUT2D eigenvalue weighted by atomic mass is 9.93. The van der Waals surface area contributed by atoms with E-state index in [1.54, 1.807) is 6.21 Å². The molecule has 0 atom stereocenters. The number of nitrogens with zero attached hydrogens (tertiary/aromatic N) is 2. The molecule has 0 saturated carbocycles. The Kier molecular flexibility index (Phi) is 19.2. The Labute approximate surface area is 184 Å². The van der Waals surface area contributed by atoms with Crippen molar-refractivity contribution < 1.29 is 18.9 Å². The van der Waals surface area contributed by atoms with E-state index in [1.165, 1.54) is 12.8 Å². The Balaban J connectivity index is 3.36. The highest BCUT2D eigenvalue weighted by Gasteiger charge is 2.08. The number of nitrogens with two attached hydrogens (primary N) is 1. The minimum atomic E-state index is 0.317. The highest BCUT2D eigenvalue weighted by Crippen LogP contribution is 2.17. The molecule has 0 bridgehead atoms. The van der Waals surface area contributed by atoms with E-state index in [9.17, 15) is 0 Å². The lowest BCUT2D eigenvalue weighted by molar-refractivity contribution is -0.00328. The molecular weight excluding hydrogens is 382 g/mol. The number of ether oxygens (including phenoxy) is 4. The van der Waals surface area contributed by atoms with Gasteiger partial charge in [0.25, 0.3) is 0 Å². The number of hydrogen-bond acceptors (Lipinski definition) is 7. The summed E-state index contributed by atoms with van der Waals surface area (Å²) < 4.78 is 22.0. The molecule has 0 rings (SSSR count). The first-order valence-corrected chi connectivity index (χ1v) is 11.4. The van der Waals surface area contributed by atoms with Gasteiger partial charge in [-0.1, -0.05) is 47.5 Å². The highest BCUT2D eigenvalue weighted by atomic mass is 16.6. The average molecular weight is 430 g/mol. The summed E-state index contributed by atoms with van der Waals surface area (Å²) in [5, 5.41) is 3.80. The Bertz CT molecular complexity index is 435. The summed E-state index contributed by atoms with van der Waals surface area (Å²) >= 11 is 0. The molecule has 30 heavy (non-hydrogen) atoms. The molecule has 0 fully saturated rings. The van der Waals surface area contributed by atoms with Crippen molar-refractivity contribution in [3.05, 3.63) is 0 Å². The van der Waals surface area contributed by atoms with Crippen LogP contribution in [-0.4, -0.2) is 71.3 Å². The van der Waals surface area contributed by atoms with E-state index in [-0.39, 0.29) is 0 Å². The Morgan fingerprint density at radius 1 is 0.833 bits per heavy atom. The zero-order valence-corrected chi connectivity index (χ0v) is 20.2. The average Bonchev–Trinajstić information content (AvgIpc) is 2.68. The van der Waals surface area contributed by atoms with Crippen molar-refractivity contribution in [2.75, 3.05) is 59.4 Å². The Hall–Kier alpha value is -1.02. The largest absolute Gasteiger partial charge is 0.379 e. The summed E-state index contributed by atoms with van der Waals surface area (Å²) in [6.45, 7) is 16.6. The number of rotatable bonds is 20. The van der Waals surface area contributed by atoms with Crippen LogP contribution in [0.25, 0.3) is 0 Å². The zero-order valence-electron chi connectivity index (χ0n) is 20.2. The van der Waals surface area contributed by atoms with Crippen LogP contribution in [0.5, 0.6) is 0 Å². The number of unbranched alkanes of at least 4 members (excludes halogenated alkanes) is 1. The first-order valence-electron chi connectivity index (χ1n) is 11.4. The van der Waals surface area contributed by atoms with Crippen LogP contribution in [0, 0.1) is 11.3 Å². The van der Waals surface area contributed by atoms with Crippen molar-refractivity contribution in [2.24, 2.45) is 27.3 Å². The van der Waals surface area contributed by atoms with Crippen LogP contribution in [0.4, 0.5) is 0 Å². The van der Waals surface area contributed by atoms with Crippen LogP contribution < -0.4 is 5.84 Å². The Morgan fingerprint density at radius 3 is 1.87 bits per heavy atom. The zero-order chi connectivity index (χ0) is 22.5. The summed E-state index contributed by atoms with van der Waals surface area (Å²) in [5.41, 5.74) is 1.17. The minimum Gasteiger partial charge on any atom is -0.379 e. The van der Waals surface area contributed by atoms with Gasteiger partial charge in [0.15, 0.2) is 0 Å². The lowest BCUT2D eigenvalue weighted by Crippen LogP contribution is -2.14. The van der Waals surface area contributed by atoms with Crippen molar-refractivity contribution in [1.29, 1.82) is 0 Å². The topological polar surface area (TPSA) is 87.7 Å². The molecule has 0 amide bonds. The maximum absolute atomic E-state index is 5.54. The molecule has 178 valence electrons. The summed E-state index contributed by atoms with van der Waals surface area (Å²) in [4.78, 5) is 4.33. The van der Waals surface area contributed by atoms with E-state index in [1.807, 2.05) is 0 Å². The fourth-order valence-corrected chi connectivity index (χ4v) is 2.45. The van der Waals surface area contributed by atoms with Gasteiger partial charge in [-0.2, -0.15) is 5.10 Å². The quantitative estimate of drug-likeness (QED) is 0.136. The van der Waals surface area contributed by atoms with Gasteiger partial charge in [-0.05, 0) is 30.6 Å². The second-order valence-corrected chi connectivity index (χ2v) is 9.06. The van der Waals surface area contributed by atoms with Crippen LogP contribution in [0.15, 0.2) is 10.1 Å². The standard InChI is InChI=1S/C23H47N3O4/c1-21(2)8-6-7-9-22(26-24)20-25-11-13-28-15-17-30-19-18-29-16-14-27-12-10-23(3,4)5/h20-21H,6-19,24H2,1-5H3/b25-20?,26-22-. The molecule has 0 aliphatic heterocycles. The van der Waals surface area contributed by atoms with Crippen molar-refractivity contribution in [1.82, 2.24) is 0 Å². The first kappa shape index (κ1) is 29.0. The molecule has 0 spiro atoms. The van der Waals surface area contributed by atoms with Gasteiger partial charge in [-0.3, -0.25) is 4.99 Å². The molecule has 7 heteroatoms. The molecule has 0 aromatic carbocycles. The number of hydrazone groups is 1. The third-order valence-electron chi connectivity index (χ3n) is 4.35. The van der Waals surface area contributed by atoms with Crippen molar-refractivity contribution in [3.63, 3.8) is 0 Å². The van der Waals surface area contributed by atoms with Crippen LogP contribution in [0.2, 0.25) is 0 Å². The second kappa shape index (κ2) is 19.9. The smallest absolute Gasteiger partial charge is 0.0778 e. The van der Waals surface area contributed by atoms with Gasteiger partial charge in [0.05, 0.1) is 58.5 Å². The third kappa shape index (κ3) is 23.3. The molecule has 0 aromatic heterocycles. The number of hydrogen-bond donors (Lipinski definition) is 1. The van der Waals surface area contributed by atoms with E-state index in [2.05, 4.69) is 44.7 Å². The van der Waals surface area contributed by atoms with Gasteiger partial charge in [-0.25, -0.2) is 0 Å². The molecule has 0 aliphatic carbocycles. The van der Waals surface area contributed by atoms with Crippen molar-refractivity contribution >= 4 is 11.9 Å². The van der Waals surface area contributed by atoms with E-state index >= 15 is 0 Å². The predicted octanol–water partition coefficient (Wildman–Crippen LogP) is 4.09. The SMILES string of the molecule is CC(C)CCCC/C(C=NCCOCCOCCOCCOCCC(C)(C)C)=N/N. The molecule has 0 heterocycles. The molecule has 2 N–H and O–H groups in total. The van der Waals surface area contributed by atoms with Gasteiger partial charge in [0.1, 0.15) is 0 Å². The maximum atomic E-state index is 5.54. The fourth-order valence-electron chi connectivity index (χ4n) is 2.45. The van der Waals surface area contributed by atoms with E-state index in [0.717, 1.165) is 37.5 Å². The normalized spacial score (nSPS) is 13.1. The molecular formula is C23H47N3O4. The van der Waals surface area contributed by atoms with Crippen LogP contribution in [0.1, 0.15) is 66.7 Å². The van der Waals surface area contributed by atoms with Gasteiger partial charge < -0.3 is 24.8 Å².